The monoisotopic (exact) mass is 296 g/mol. The van der Waals surface area contributed by atoms with Gasteiger partial charge >= 0.3 is 0 Å². The van der Waals surface area contributed by atoms with Crippen LogP contribution in [0.1, 0.15) is 28.7 Å². The van der Waals surface area contributed by atoms with Crippen molar-refractivity contribution in [2.24, 2.45) is 0 Å². The van der Waals surface area contributed by atoms with Crippen molar-refractivity contribution in [1.82, 2.24) is 25.3 Å². The molecule has 0 saturated heterocycles. The van der Waals surface area contributed by atoms with Crippen LogP contribution >= 0.6 is 12.4 Å². The van der Waals surface area contributed by atoms with Gasteiger partial charge in [0.15, 0.2) is 5.69 Å². The predicted octanol–water partition coefficient (Wildman–Crippen LogP) is 0.946. The maximum atomic E-state index is 12.2. The molecule has 3 N–H and O–H groups in total. The van der Waals surface area contributed by atoms with Crippen LogP contribution in [0.4, 0.5) is 5.69 Å². The number of aromatic amines is 1. The lowest BCUT2D eigenvalue weighted by Crippen LogP contribution is -2.25. The van der Waals surface area contributed by atoms with Crippen LogP contribution in [0.5, 0.6) is 0 Å². The van der Waals surface area contributed by atoms with E-state index in [2.05, 4.69) is 25.9 Å². The Bertz CT molecular complexity index is 605. The fraction of sp³-hybridized carbons (Fsp3) is 0.417. The lowest BCUT2D eigenvalue weighted by molar-refractivity contribution is 0.102. The number of rotatable bonds is 3. The van der Waals surface area contributed by atoms with E-state index in [0.717, 1.165) is 30.8 Å². The maximum Gasteiger partial charge on any atom is 0.276 e. The Balaban J connectivity index is 0.00000147. The van der Waals surface area contributed by atoms with Crippen molar-refractivity contribution in [2.75, 3.05) is 11.9 Å². The van der Waals surface area contributed by atoms with Gasteiger partial charge in [-0.05, 0) is 6.92 Å². The van der Waals surface area contributed by atoms with E-state index >= 15 is 0 Å². The van der Waals surface area contributed by atoms with Crippen LogP contribution in [0.15, 0.2) is 12.4 Å². The number of H-pyrrole nitrogens is 1. The third kappa shape index (κ3) is 2.68. The molecule has 7 nitrogen and oxygen atoms in total. The smallest absolute Gasteiger partial charge is 0.276 e. The van der Waals surface area contributed by atoms with Crippen molar-refractivity contribution < 1.29 is 4.79 Å². The van der Waals surface area contributed by atoms with Crippen LogP contribution in [-0.2, 0) is 19.5 Å². The number of nitrogens with one attached hydrogen (secondary N) is 3. The normalized spacial score (nSPS) is 13.4. The summed E-state index contributed by atoms with van der Waals surface area (Å²) in [5.41, 5.74) is 3.17. The summed E-state index contributed by atoms with van der Waals surface area (Å²) in [6.45, 7) is 4.37. The first-order chi connectivity index (χ1) is 9.28. The van der Waals surface area contributed by atoms with Gasteiger partial charge in [0.2, 0.25) is 0 Å². The topological polar surface area (TPSA) is 87.6 Å². The lowest BCUT2D eigenvalue weighted by atomic mass is 10.1. The Labute approximate surface area is 122 Å². The molecule has 0 saturated carbocycles. The van der Waals surface area contributed by atoms with Crippen molar-refractivity contribution in [3.63, 3.8) is 0 Å². The molecule has 8 heteroatoms. The highest BCUT2D eigenvalue weighted by Crippen LogP contribution is 2.16. The minimum atomic E-state index is -0.197. The molecule has 20 heavy (non-hydrogen) atoms. The summed E-state index contributed by atoms with van der Waals surface area (Å²) in [4.78, 5) is 12.2. The number of amides is 1. The van der Waals surface area contributed by atoms with Gasteiger partial charge in [-0.3, -0.25) is 14.6 Å². The molecule has 0 radical (unpaired) electrons. The first-order valence-corrected chi connectivity index (χ1v) is 6.38. The van der Waals surface area contributed by atoms with Crippen LogP contribution in [0.3, 0.4) is 0 Å². The van der Waals surface area contributed by atoms with E-state index in [9.17, 15) is 4.79 Å². The van der Waals surface area contributed by atoms with Crippen LogP contribution < -0.4 is 10.6 Å². The standard InChI is InChI=1S/C12H16N6O.ClH/c1-2-18-7-8(5-14-18)15-12(19)11-9-6-13-4-3-10(9)16-17-11;/h5,7,13H,2-4,6H2,1H3,(H,15,19)(H,16,17);1H. The van der Waals surface area contributed by atoms with Gasteiger partial charge in [0, 0.05) is 43.5 Å². The van der Waals surface area contributed by atoms with Crippen molar-refractivity contribution in [3.05, 3.63) is 29.3 Å². The fourth-order valence-corrected chi connectivity index (χ4v) is 2.20. The van der Waals surface area contributed by atoms with Crippen LogP contribution in [-0.4, -0.2) is 32.4 Å². The highest BCUT2D eigenvalue weighted by atomic mass is 35.5. The summed E-state index contributed by atoms with van der Waals surface area (Å²) in [6.07, 6.45) is 4.32. The number of hydrogen-bond donors (Lipinski definition) is 3. The third-order valence-electron chi connectivity index (χ3n) is 3.24. The summed E-state index contributed by atoms with van der Waals surface area (Å²) >= 11 is 0. The number of hydrogen-bond acceptors (Lipinski definition) is 4. The fourth-order valence-electron chi connectivity index (χ4n) is 2.20. The zero-order valence-corrected chi connectivity index (χ0v) is 12.0. The van der Waals surface area contributed by atoms with E-state index in [0.29, 0.717) is 17.9 Å². The average molecular weight is 297 g/mol. The first kappa shape index (κ1) is 14.5. The second kappa shape index (κ2) is 6.06. The Morgan fingerprint density at radius 2 is 2.40 bits per heavy atom. The molecule has 3 rings (SSSR count). The Morgan fingerprint density at radius 3 is 3.15 bits per heavy atom. The van der Waals surface area contributed by atoms with E-state index < -0.39 is 0 Å². The molecule has 0 unspecified atom stereocenters. The lowest BCUT2D eigenvalue weighted by Gasteiger charge is -2.12. The molecule has 0 spiro atoms. The molecule has 108 valence electrons. The zero-order valence-electron chi connectivity index (χ0n) is 11.1. The predicted molar refractivity (Wildman–Crippen MR) is 77.1 cm³/mol. The highest BCUT2D eigenvalue weighted by molar-refractivity contribution is 6.03. The van der Waals surface area contributed by atoms with Crippen LogP contribution in [0.25, 0.3) is 0 Å². The van der Waals surface area contributed by atoms with Crippen molar-refractivity contribution >= 4 is 24.0 Å². The Morgan fingerprint density at radius 1 is 1.55 bits per heavy atom. The number of carbonyl (C=O) groups excluding carboxylic acids is 1. The number of fused-ring (bicyclic) bond motifs is 1. The van der Waals surface area contributed by atoms with Crippen molar-refractivity contribution in [1.29, 1.82) is 0 Å². The summed E-state index contributed by atoms with van der Waals surface area (Å²) in [7, 11) is 0. The quantitative estimate of drug-likeness (QED) is 0.787. The Hall–Kier alpha value is -1.86. The molecule has 0 aliphatic carbocycles. The van der Waals surface area contributed by atoms with E-state index in [4.69, 9.17) is 0 Å². The molecule has 1 amide bonds. The van der Waals surface area contributed by atoms with E-state index in [1.54, 1.807) is 17.1 Å². The zero-order chi connectivity index (χ0) is 13.2. The molecule has 0 aromatic carbocycles. The summed E-state index contributed by atoms with van der Waals surface area (Å²) in [5.74, 6) is -0.197. The highest BCUT2D eigenvalue weighted by Gasteiger charge is 2.21. The molecular formula is C12H17ClN6O. The maximum absolute atomic E-state index is 12.2. The van der Waals surface area contributed by atoms with E-state index in [-0.39, 0.29) is 18.3 Å². The molecule has 1 aliphatic rings. The van der Waals surface area contributed by atoms with Gasteiger partial charge in [-0.2, -0.15) is 10.2 Å². The van der Waals surface area contributed by atoms with Gasteiger partial charge < -0.3 is 10.6 Å². The minimum absolute atomic E-state index is 0. The SMILES string of the molecule is CCn1cc(NC(=O)c2n[nH]c3c2CNCC3)cn1.Cl. The van der Waals surface area contributed by atoms with Crippen LogP contribution in [0, 0.1) is 0 Å². The van der Waals surface area contributed by atoms with Gasteiger partial charge in [-0.1, -0.05) is 0 Å². The number of carbonyl (C=O) groups is 1. The number of anilines is 1. The molecule has 2 aromatic rings. The summed E-state index contributed by atoms with van der Waals surface area (Å²) in [6, 6.07) is 0. The van der Waals surface area contributed by atoms with Crippen molar-refractivity contribution in [2.45, 2.75) is 26.4 Å². The Kier molecular flexibility index (Phi) is 4.41. The summed E-state index contributed by atoms with van der Waals surface area (Å²) < 4.78 is 1.76. The minimum Gasteiger partial charge on any atom is -0.318 e. The average Bonchev–Trinajstić information content (AvgIpc) is 3.04. The third-order valence-corrected chi connectivity index (χ3v) is 3.24. The van der Waals surface area contributed by atoms with Crippen LogP contribution in [0.2, 0.25) is 0 Å². The van der Waals surface area contributed by atoms with E-state index in [1.807, 2.05) is 6.92 Å². The molecule has 3 heterocycles. The molecule has 0 fully saturated rings. The molecule has 2 aromatic heterocycles. The first-order valence-electron chi connectivity index (χ1n) is 6.38. The van der Waals surface area contributed by atoms with Crippen molar-refractivity contribution in [3.8, 4) is 0 Å². The molecule has 1 aliphatic heterocycles. The molecular weight excluding hydrogens is 280 g/mol. The molecule has 0 atom stereocenters. The van der Waals surface area contributed by atoms with Gasteiger partial charge in [-0.15, -0.1) is 12.4 Å². The largest absolute Gasteiger partial charge is 0.318 e. The number of halogens is 1. The molecule has 0 bridgehead atoms. The van der Waals surface area contributed by atoms with Gasteiger partial charge in [-0.25, -0.2) is 0 Å². The summed E-state index contributed by atoms with van der Waals surface area (Å²) in [5, 5.41) is 17.2. The number of aromatic nitrogens is 4. The number of aryl methyl sites for hydroxylation is 1. The van der Waals surface area contributed by atoms with Gasteiger partial charge in [0.05, 0.1) is 11.9 Å². The van der Waals surface area contributed by atoms with Gasteiger partial charge in [0.1, 0.15) is 0 Å². The van der Waals surface area contributed by atoms with E-state index in [1.165, 1.54) is 0 Å². The second-order valence-corrected chi connectivity index (χ2v) is 4.49. The van der Waals surface area contributed by atoms with Gasteiger partial charge in [0.25, 0.3) is 5.91 Å². The second-order valence-electron chi connectivity index (χ2n) is 4.49. The number of nitrogens with zero attached hydrogens (tertiary/aromatic N) is 3.